The highest BCUT2D eigenvalue weighted by molar-refractivity contribution is 5.89. The van der Waals surface area contributed by atoms with E-state index in [0.717, 1.165) is 0 Å². The van der Waals surface area contributed by atoms with Crippen LogP contribution in [0.4, 0.5) is 4.79 Å². The first kappa shape index (κ1) is 26.1. The number of nitrogens with two attached hydrogens (primary N) is 1. The lowest BCUT2D eigenvalue weighted by molar-refractivity contribution is -0.130. The minimum atomic E-state index is -0.670. The van der Waals surface area contributed by atoms with Crippen molar-refractivity contribution in [3.63, 3.8) is 0 Å². The van der Waals surface area contributed by atoms with Gasteiger partial charge >= 0.3 is 6.03 Å². The van der Waals surface area contributed by atoms with E-state index in [1.165, 1.54) is 0 Å². The Kier molecular flexibility index (Phi) is 13.2. The van der Waals surface area contributed by atoms with Gasteiger partial charge in [0.1, 0.15) is 6.04 Å². The molecular weight excluding hydrogens is 360 g/mol. The summed E-state index contributed by atoms with van der Waals surface area (Å²) in [6.45, 7) is 13.4. The molecule has 0 rings (SSSR count). The van der Waals surface area contributed by atoms with Crippen LogP contribution in [0.1, 0.15) is 54.4 Å². The van der Waals surface area contributed by atoms with Gasteiger partial charge in [-0.3, -0.25) is 9.59 Å². The van der Waals surface area contributed by atoms with Crippen LogP contribution < -0.4 is 32.3 Å². The molecule has 9 nitrogen and oxygen atoms in total. The molecule has 0 fully saturated rings. The number of carbonyl (C=O) groups excluding carboxylic acids is 3. The molecule has 9 heteroatoms. The van der Waals surface area contributed by atoms with Crippen molar-refractivity contribution >= 4 is 17.8 Å². The summed E-state index contributed by atoms with van der Waals surface area (Å²) >= 11 is 0. The van der Waals surface area contributed by atoms with Crippen LogP contribution in [0.2, 0.25) is 0 Å². The number of carbonyl (C=O) groups is 3. The number of primary amides is 1. The van der Waals surface area contributed by atoms with E-state index in [1.54, 1.807) is 0 Å². The molecular formula is C19H40N6O3. The molecule has 0 aliphatic heterocycles. The molecule has 0 aromatic heterocycles. The minimum absolute atomic E-state index is 0.0814. The van der Waals surface area contributed by atoms with Gasteiger partial charge in [-0.15, -0.1) is 0 Å². The second-order valence-electron chi connectivity index (χ2n) is 7.94. The van der Waals surface area contributed by atoms with Crippen molar-refractivity contribution in [3.05, 3.63) is 0 Å². The molecule has 7 N–H and O–H groups in total. The van der Waals surface area contributed by atoms with E-state index < -0.39 is 12.1 Å². The van der Waals surface area contributed by atoms with Gasteiger partial charge in [0.05, 0.1) is 6.04 Å². The van der Waals surface area contributed by atoms with Crippen LogP contribution in [0.15, 0.2) is 0 Å². The second-order valence-corrected chi connectivity index (χ2v) is 7.94. The zero-order chi connectivity index (χ0) is 21.7. The molecule has 0 spiro atoms. The van der Waals surface area contributed by atoms with Gasteiger partial charge < -0.3 is 32.3 Å². The highest BCUT2D eigenvalue weighted by atomic mass is 16.2. The molecule has 0 aliphatic carbocycles. The molecule has 0 aromatic carbocycles. The fourth-order valence-electron chi connectivity index (χ4n) is 2.65. The maximum atomic E-state index is 12.7. The first-order chi connectivity index (χ1) is 13.0. The monoisotopic (exact) mass is 400 g/mol. The normalized spacial score (nSPS) is 13.5. The minimum Gasteiger partial charge on any atom is -0.353 e. The number of hydrogen-bond acceptors (Lipinski definition) is 5. The third kappa shape index (κ3) is 12.5. The highest BCUT2D eigenvalue weighted by Gasteiger charge is 2.27. The molecule has 0 saturated carbocycles. The number of urea groups is 1. The summed E-state index contributed by atoms with van der Waals surface area (Å²) < 4.78 is 0. The molecule has 0 bridgehead atoms. The van der Waals surface area contributed by atoms with Crippen LogP contribution >= 0.6 is 0 Å². The number of amides is 4. The van der Waals surface area contributed by atoms with Gasteiger partial charge in [0.2, 0.25) is 11.8 Å². The van der Waals surface area contributed by atoms with Crippen molar-refractivity contribution in [2.45, 2.75) is 78.6 Å². The van der Waals surface area contributed by atoms with E-state index in [0.29, 0.717) is 38.5 Å². The first-order valence-electron chi connectivity index (χ1n) is 10.1. The topological polar surface area (TPSA) is 137 Å². The molecule has 28 heavy (non-hydrogen) atoms. The SMILES string of the molecule is CC(C)NCCNC(=O)[C@H](CCCNC(N)=O)NC(=O)[C@@H](NC(C)C)C(C)C. The number of hydrogen-bond donors (Lipinski definition) is 6. The van der Waals surface area contributed by atoms with Crippen molar-refractivity contribution in [2.75, 3.05) is 19.6 Å². The van der Waals surface area contributed by atoms with Crippen LogP contribution in [-0.2, 0) is 9.59 Å². The average Bonchev–Trinajstić information content (AvgIpc) is 2.58. The quantitative estimate of drug-likeness (QED) is 0.229. The Labute approximate surface area is 169 Å². The summed E-state index contributed by atoms with van der Waals surface area (Å²) in [5.74, 6) is -0.352. The van der Waals surface area contributed by atoms with Gasteiger partial charge in [-0.2, -0.15) is 0 Å². The van der Waals surface area contributed by atoms with Gasteiger partial charge in [-0.05, 0) is 18.8 Å². The summed E-state index contributed by atoms with van der Waals surface area (Å²) in [4.78, 5) is 36.1. The Balaban J connectivity index is 4.86. The van der Waals surface area contributed by atoms with Crippen molar-refractivity contribution in [3.8, 4) is 0 Å². The number of rotatable bonds is 14. The Morgan fingerprint density at radius 3 is 1.96 bits per heavy atom. The molecule has 0 radical (unpaired) electrons. The Morgan fingerprint density at radius 2 is 1.46 bits per heavy atom. The lowest BCUT2D eigenvalue weighted by Crippen LogP contribution is -2.55. The molecule has 0 heterocycles. The van der Waals surface area contributed by atoms with E-state index in [-0.39, 0.29) is 29.8 Å². The van der Waals surface area contributed by atoms with Crippen LogP contribution in [-0.4, -0.2) is 61.6 Å². The third-order valence-electron chi connectivity index (χ3n) is 4.04. The van der Waals surface area contributed by atoms with Gasteiger partial charge in [0.25, 0.3) is 0 Å². The summed E-state index contributed by atoms with van der Waals surface area (Å²) in [5, 5.41) is 14.7. The van der Waals surface area contributed by atoms with E-state index >= 15 is 0 Å². The van der Waals surface area contributed by atoms with E-state index in [9.17, 15) is 14.4 Å². The van der Waals surface area contributed by atoms with Gasteiger partial charge in [0, 0.05) is 31.7 Å². The third-order valence-corrected chi connectivity index (χ3v) is 4.04. The first-order valence-corrected chi connectivity index (χ1v) is 10.1. The fourth-order valence-corrected chi connectivity index (χ4v) is 2.65. The molecule has 164 valence electrons. The summed E-state index contributed by atoms with van der Waals surface area (Å²) in [6.07, 6.45) is 0.928. The van der Waals surface area contributed by atoms with Crippen LogP contribution in [0.25, 0.3) is 0 Å². The molecule has 0 aromatic rings. The Bertz CT molecular complexity index is 482. The molecule has 0 aliphatic rings. The van der Waals surface area contributed by atoms with E-state index in [2.05, 4.69) is 26.6 Å². The van der Waals surface area contributed by atoms with Crippen LogP contribution in [0.3, 0.4) is 0 Å². The maximum Gasteiger partial charge on any atom is 0.312 e. The Morgan fingerprint density at radius 1 is 0.821 bits per heavy atom. The van der Waals surface area contributed by atoms with Crippen LogP contribution in [0, 0.1) is 5.92 Å². The second kappa shape index (κ2) is 14.2. The maximum absolute atomic E-state index is 12.7. The fraction of sp³-hybridized carbons (Fsp3) is 0.842. The van der Waals surface area contributed by atoms with Gasteiger partial charge in [-0.1, -0.05) is 41.5 Å². The predicted octanol–water partition coefficient (Wildman–Crippen LogP) is 0.0565. The van der Waals surface area contributed by atoms with Crippen LogP contribution in [0.5, 0.6) is 0 Å². The van der Waals surface area contributed by atoms with E-state index in [4.69, 9.17) is 5.73 Å². The predicted molar refractivity (Wildman–Crippen MR) is 112 cm³/mol. The lowest BCUT2D eigenvalue weighted by atomic mass is 10.0. The lowest BCUT2D eigenvalue weighted by Gasteiger charge is -2.27. The van der Waals surface area contributed by atoms with Crippen molar-refractivity contribution < 1.29 is 14.4 Å². The summed E-state index contributed by atoms with van der Waals surface area (Å²) in [6, 6.07) is -1.18. The summed E-state index contributed by atoms with van der Waals surface area (Å²) in [7, 11) is 0. The molecule has 2 atom stereocenters. The number of nitrogens with one attached hydrogen (secondary N) is 5. The Hall–Kier alpha value is -1.87. The zero-order valence-corrected chi connectivity index (χ0v) is 18.2. The largest absolute Gasteiger partial charge is 0.353 e. The standard InChI is InChI=1S/C19H40N6O3/c1-12(2)16(24-14(5)6)18(27)25-15(8-7-9-23-19(20)28)17(26)22-11-10-21-13(3)4/h12-16,21,24H,7-11H2,1-6H3,(H,22,26)(H,25,27)(H3,20,23,28)/t15-,16-/m0/s1. The van der Waals surface area contributed by atoms with Gasteiger partial charge in [-0.25, -0.2) is 4.79 Å². The molecule has 0 unspecified atom stereocenters. The zero-order valence-electron chi connectivity index (χ0n) is 18.2. The van der Waals surface area contributed by atoms with Crippen molar-refractivity contribution in [2.24, 2.45) is 11.7 Å². The smallest absolute Gasteiger partial charge is 0.312 e. The van der Waals surface area contributed by atoms with Gasteiger partial charge in [0.15, 0.2) is 0 Å². The highest BCUT2D eigenvalue weighted by Crippen LogP contribution is 2.06. The molecule has 4 amide bonds. The summed E-state index contributed by atoms with van der Waals surface area (Å²) in [5.41, 5.74) is 5.06. The van der Waals surface area contributed by atoms with E-state index in [1.807, 2.05) is 41.5 Å². The molecule has 0 saturated heterocycles. The average molecular weight is 401 g/mol. The van der Waals surface area contributed by atoms with Crippen molar-refractivity contribution in [1.82, 2.24) is 26.6 Å². The van der Waals surface area contributed by atoms with Crippen molar-refractivity contribution in [1.29, 1.82) is 0 Å².